The number of sulfonamides is 1. The van der Waals surface area contributed by atoms with Crippen LogP contribution < -0.4 is 0 Å². The molecule has 0 amide bonds. The Balaban J connectivity index is 1.72. The predicted molar refractivity (Wildman–Crippen MR) is 101 cm³/mol. The van der Waals surface area contributed by atoms with Gasteiger partial charge >= 0.3 is 0 Å². The molecule has 3 aromatic rings. The fourth-order valence-corrected chi connectivity index (χ4v) is 4.06. The predicted octanol–water partition coefficient (Wildman–Crippen LogP) is 3.62. The summed E-state index contributed by atoms with van der Waals surface area (Å²) in [5.74, 6) is 0.637. The number of H-pyrrole nitrogens is 1. The molecule has 0 radical (unpaired) electrons. The van der Waals surface area contributed by atoms with E-state index in [4.69, 9.17) is 0 Å². The zero-order chi connectivity index (χ0) is 17.9. The van der Waals surface area contributed by atoms with Gasteiger partial charge in [-0.1, -0.05) is 54.2 Å². The van der Waals surface area contributed by atoms with Crippen LogP contribution in [0.3, 0.4) is 0 Å². The number of rotatable bonds is 6. The number of hydrogen-bond acceptors (Lipinski definition) is 4. The first-order chi connectivity index (χ1) is 12.0. The third-order valence-corrected chi connectivity index (χ3v) is 6.46. The zero-order valence-corrected chi connectivity index (χ0v) is 15.6. The van der Waals surface area contributed by atoms with Crippen LogP contribution in [0.15, 0.2) is 70.8 Å². The van der Waals surface area contributed by atoms with Crippen LogP contribution in [-0.2, 0) is 15.8 Å². The van der Waals surface area contributed by atoms with Crippen molar-refractivity contribution in [2.75, 3.05) is 14.1 Å². The third kappa shape index (κ3) is 4.12. The van der Waals surface area contributed by atoms with Crippen molar-refractivity contribution >= 4 is 21.8 Å². The maximum Gasteiger partial charge on any atom is 0.242 e. The lowest BCUT2D eigenvalue weighted by molar-refractivity contribution is 0.520. The van der Waals surface area contributed by atoms with Gasteiger partial charge in [-0.25, -0.2) is 17.7 Å². The van der Waals surface area contributed by atoms with Crippen LogP contribution in [0, 0.1) is 0 Å². The van der Waals surface area contributed by atoms with Gasteiger partial charge in [0, 0.05) is 19.8 Å². The SMILES string of the molecule is CN(C)S(=O)(=O)c1cccc(CSc2ncc(-c3ccccc3)[nH]2)c1. The molecule has 0 bridgehead atoms. The number of aromatic amines is 1. The minimum Gasteiger partial charge on any atom is -0.333 e. The number of imidazole rings is 1. The van der Waals surface area contributed by atoms with Crippen LogP contribution in [0.5, 0.6) is 0 Å². The van der Waals surface area contributed by atoms with Crippen molar-refractivity contribution < 1.29 is 8.42 Å². The van der Waals surface area contributed by atoms with E-state index in [1.807, 2.05) is 42.6 Å². The Morgan fingerprint density at radius 3 is 2.56 bits per heavy atom. The summed E-state index contributed by atoms with van der Waals surface area (Å²) in [5, 5.41) is 0.805. The van der Waals surface area contributed by atoms with Crippen LogP contribution in [0.4, 0.5) is 0 Å². The zero-order valence-electron chi connectivity index (χ0n) is 14.0. The van der Waals surface area contributed by atoms with E-state index in [1.165, 1.54) is 18.4 Å². The summed E-state index contributed by atoms with van der Waals surface area (Å²) in [7, 11) is -0.349. The van der Waals surface area contributed by atoms with Gasteiger partial charge in [0.1, 0.15) is 0 Å². The molecule has 130 valence electrons. The molecule has 0 aliphatic heterocycles. The fourth-order valence-electron chi connectivity index (χ4n) is 2.30. The van der Waals surface area contributed by atoms with E-state index in [-0.39, 0.29) is 0 Å². The molecule has 2 aromatic carbocycles. The Morgan fingerprint density at radius 1 is 1.08 bits per heavy atom. The summed E-state index contributed by atoms with van der Waals surface area (Å²) in [4.78, 5) is 7.98. The minimum absolute atomic E-state index is 0.306. The molecule has 5 nitrogen and oxygen atoms in total. The quantitative estimate of drug-likeness (QED) is 0.670. The lowest BCUT2D eigenvalue weighted by Gasteiger charge is -2.12. The molecule has 1 heterocycles. The second-order valence-corrected chi connectivity index (χ2v) is 8.81. The first-order valence-electron chi connectivity index (χ1n) is 7.71. The summed E-state index contributed by atoms with van der Waals surface area (Å²) >= 11 is 1.54. The highest BCUT2D eigenvalue weighted by atomic mass is 32.2. The van der Waals surface area contributed by atoms with Crippen molar-refractivity contribution in [1.82, 2.24) is 14.3 Å². The summed E-state index contributed by atoms with van der Waals surface area (Å²) in [6, 6.07) is 17.0. The minimum atomic E-state index is -3.41. The summed E-state index contributed by atoms with van der Waals surface area (Å²) in [6.45, 7) is 0. The molecular weight excluding hydrogens is 354 g/mol. The van der Waals surface area contributed by atoms with Gasteiger partial charge in [-0.15, -0.1) is 0 Å². The third-order valence-electron chi connectivity index (χ3n) is 3.69. The van der Waals surface area contributed by atoms with Crippen LogP contribution >= 0.6 is 11.8 Å². The van der Waals surface area contributed by atoms with Crippen LogP contribution in [0.2, 0.25) is 0 Å². The molecule has 7 heteroatoms. The van der Waals surface area contributed by atoms with E-state index in [1.54, 1.807) is 30.0 Å². The number of nitrogens with zero attached hydrogens (tertiary/aromatic N) is 2. The fraction of sp³-hybridized carbons (Fsp3) is 0.167. The van der Waals surface area contributed by atoms with Crippen molar-refractivity contribution in [3.8, 4) is 11.3 Å². The highest BCUT2D eigenvalue weighted by Gasteiger charge is 2.17. The van der Waals surface area contributed by atoms with E-state index in [0.717, 1.165) is 22.0 Å². The molecule has 25 heavy (non-hydrogen) atoms. The first kappa shape index (κ1) is 17.7. The van der Waals surface area contributed by atoms with Crippen LogP contribution in [0.25, 0.3) is 11.3 Å². The van der Waals surface area contributed by atoms with E-state index in [2.05, 4.69) is 9.97 Å². The van der Waals surface area contributed by atoms with Gasteiger partial charge < -0.3 is 4.98 Å². The van der Waals surface area contributed by atoms with Gasteiger partial charge in [-0.2, -0.15) is 0 Å². The van der Waals surface area contributed by atoms with E-state index in [9.17, 15) is 8.42 Å². The first-order valence-corrected chi connectivity index (χ1v) is 10.1. The standard InChI is InChI=1S/C18H19N3O2S2/c1-21(2)25(22,23)16-10-6-7-14(11-16)13-24-18-19-12-17(20-18)15-8-4-3-5-9-15/h3-12H,13H2,1-2H3,(H,19,20). The Bertz CT molecular complexity index is 951. The highest BCUT2D eigenvalue weighted by Crippen LogP contribution is 2.25. The normalized spacial score (nSPS) is 11.8. The summed E-state index contributed by atoms with van der Waals surface area (Å²) < 4.78 is 25.7. The van der Waals surface area contributed by atoms with Crippen molar-refractivity contribution in [2.45, 2.75) is 15.8 Å². The Labute approximate surface area is 152 Å². The molecule has 0 unspecified atom stereocenters. The molecule has 0 aliphatic carbocycles. The number of benzene rings is 2. The second-order valence-electron chi connectivity index (χ2n) is 5.69. The van der Waals surface area contributed by atoms with Crippen LogP contribution in [0.1, 0.15) is 5.56 Å². The van der Waals surface area contributed by atoms with Crippen LogP contribution in [-0.4, -0.2) is 36.8 Å². The molecule has 3 rings (SSSR count). The smallest absolute Gasteiger partial charge is 0.242 e. The molecule has 0 saturated heterocycles. The van der Waals surface area contributed by atoms with Gasteiger partial charge in [0.05, 0.1) is 16.8 Å². The molecule has 0 aliphatic rings. The summed E-state index contributed by atoms with van der Waals surface area (Å²) in [5.41, 5.74) is 2.98. The average molecular weight is 374 g/mol. The number of hydrogen-bond donors (Lipinski definition) is 1. The molecule has 0 spiro atoms. The van der Waals surface area contributed by atoms with Crippen molar-refractivity contribution in [3.05, 3.63) is 66.4 Å². The molecule has 0 atom stereocenters. The topological polar surface area (TPSA) is 66.1 Å². The Kier molecular flexibility index (Phi) is 5.27. The molecule has 0 saturated carbocycles. The number of aromatic nitrogens is 2. The average Bonchev–Trinajstić information content (AvgIpc) is 3.10. The van der Waals surface area contributed by atoms with Gasteiger partial charge in [0.15, 0.2) is 5.16 Å². The molecule has 1 N–H and O–H groups in total. The highest BCUT2D eigenvalue weighted by molar-refractivity contribution is 7.98. The monoisotopic (exact) mass is 373 g/mol. The molecule has 1 aromatic heterocycles. The van der Waals surface area contributed by atoms with E-state index in [0.29, 0.717) is 10.6 Å². The lowest BCUT2D eigenvalue weighted by atomic mass is 10.2. The van der Waals surface area contributed by atoms with Gasteiger partial charge in [-0.3, -0.25) is 0 Å². The van der Waals surface area contributed by atoms with Crippen molar-refractivity contribution in [1.29, 1.82) is 0 Å². The largest absolute Gasteiger partial charge is 0.333 e. The van der Waals surface area contributed by atoms with E-state index < -0.39 is 10.0 Å². The maximum atomic E-state index is 12.2. The molecular formula is C18H19N3O2S2. The Morgan fingerprint density at radius 2 is 1.84 bits per heavy atom. The number of nitrogens with one attached hydrogen (secondary N) is 1. The Hall–Kier alpha value is -2.09. The van der Waals surface area contributed by atoms with Gasteiger partial charge in [0.25, 0.3) is 0 Å². The lowest BCUT2D eigenvalue weighted by Crippen LogP contribution is -2.22. The van der Waals surface area contributed by atoms with Gasteiger partial charge in [-0.05, 0) is 23.3 Å². The summed E-state index contributed by atoms with van der Waals surface area (Å²) in [6.07, 6.45) is 1.81. The van der Waals surface area contributed by atoms with Gasteiger partial charge in [0.2, 0.25) is 10.0 Å². The van der Waals surface area contributed by atoms with Crippen molar-refractivity contribution in [3.63, 3.8) is 0 Å². The molecule has 0 fully saturated rings. The number of thioether (sulfide) groups is 1. The maximum absolute atomic E-state index is 12.2. The second kappa shape index (κ2) is 7.43. The van der Waals surface area contributed by atoms with Crippen molar-refractivity contribution in [2.24, 2.45) is 0 Å². The van der Waals surface area contributed by atoms with E-state index >= 15 is 0 Å².